The fourth-order valence-electron chi connectivity index (χ4n) is 3.03. The maximum Gasteiger partial charge on any atom is 0.297 e. The molecule has 5 N–H and O–H groups in total. The number of hydrogen-bond acceptors (Lipinski definition) is 5. The van der Waals surface area contributed by atoms with E-state index in [0.29, 0.717) is 25.4 Å². The number of unbranched alkanes of at least 4 members (excludes halogenated alkanes) is 1. The quantitative estimate of drug-likeness (QED) is 0.300. The first kappa shape index (κ1) is 19.7. The molecule has 1 aliphatic heterocycles. The van der Waals surface area contributed by atoms with Crippen molar-refractivity contribution in [2.45, 2.75) is 38.5 Å². The lowest BCUT2D eigenvalue weighted by molar-refractivity contribution is 0.300. The Kier molecular flexibility index (Phi) is 7.67. The summed E-state index contributed by atoms with van der Waals surface area (Å²) >= 11 is 0. The lowest BCUT2D eigenvalue weighted by atomic mass is 9.92. The van der Waals surface area contributed by atoms with E-state index in [1.165, 1.54) is 18.4 Å². The molecule has 1 unspecified atom stereocenters. The van der Waals surface area contributed by atoms with Gasteiger partial charge in [-0.1, -0.05) is 18.2 Å². The van der Waals surface area contributed by atoms with Crippen LogP contribution in [0.2, 0.25) is 0 Å². The zero-order valence-corrected chi connectivity index (χ0v) is 15.3. The van der Waals surface area contributed by atoms with Crippen LogP contribution in [0.1, 0.15) is 37.7 Å². The summed E-state index contributed by atoms with van der Waals surface area (Å²) in [5.41, 5.74) is 1.24. The molecule has 1 aliphatic rings. The second-order valence-corrected chi connectivity index (χ2v) is 7.75. The summed E-state index contributed by atoms with van der Waals surface area (Å²) < 4.78 is 29.5. The Morgan fingerprint density at radius 2 is 2.16 bits per heavy atom. The van der Waals surface area contributed by atoms with Gasteiger partial charge in [-0.2, -0.15) is 8.42 Å². The summed E-state index contributed by atoms with van der Waals surface area (Å²) in [6, 6.07) is 8.13. The van der Waals surface area contributed by atoms with Gasteiger partial charge < -0.3 is 10.1 Å². The number of piperidine rings is 1. The largest absolute Gasteiger partial charge is 0.493 e. The lowest BCUT2D eigenvalue weighted by Crippen LogP contribution is -2.35. The van der Waals surface area contributed by atoms with Crippen LogP contribution in [0.4, 0.5) is 0 Å². The minimum atomic E-state index is -3.84. The Bertz CT molecular complexity index is 658. The highest BCUT2D eigenvalue weighted by molar-refractivity contribution is 7.87. The van der Waals surface area contributed by atoms with Crippen molar-refractivity contribution in [3.63, 3.8) is 0 Å². The van der Waals surface area contributed by atoms with E-state index < -0.39 is 10.2 Å². The molecule has 1 fully saturated rings. The summed E-state index contributed by atoms with van der Waals surface area (Å²) in [5, 5.41) is 15.8. The number of rotatable bonds is 9. The third-order valence-corrected chi connectivity index (χ3v) is 4.76. The molecule has 7 nitrogen and oxygen atoms in total. The van der Waals surface area contributed by atoms with Gasteiger partial charge in [0, 0.05) is 6.42 Å². The van der Waals surface area contributed by atoms with Crippen LogP contribution in [-0.2, 0) is 16.6 Å². The van der Waals surface area contributed by atoms with Crippen LogP contribution in [0.5, 0.6) is 5.75 Å². The highest BCUT2D eigenvalue weighted by Gasteiger charge is 2.15. The molecule has 0 aromatic heterocycles. The molecule has 0 aliphatic carbocycles. The van der Waals surface area contributed by atoms with Gasteiger partial charge in [0.25, 0.3) is 10.2 Å². The molecular weight excluding hydrogens is 340 g/mol. The first-order valence-corrected chi connectivity index (χ1v) is 10.3. The van der Waals surface area contributed by atoms with Crippen LogP contribution in [0.25, 0.3) is 0 Å². The number of para-hydroxylation sites is 1. The monoisotopic (exact) mass is 368 g/mol. The minimum Gasteiger partial charge on any atom is -0.493 e. The van der Waals surface area contributed by atoms with Crippen LogP contribution >= 0.6 is 0 Å². The summed E-state index contributed by atoms with van der Waals surface area (Å²) in [7, 11) is -3.84. The van der Waals surface area contributed by atoms with E-state index in [1.54, 1.807) is 0 Å². The van der Waals surface area contributed by atoms with Gasteiger partial charge in [-0.3, -0.25) is 10.1 Å². The van der Waals surface area contributed by atoms with Gasteiger partial charge in [0.2, 0.25) is 0 Å². The van der Waals surface area contributed by atoms with Gasteiger partial charge in [-0.15, -0.1) is 0 Å². The molecule has 0 radical (unpaired) electrons. The third kappa shape index (κ3) is 7.85. The summed E-state index contributed by atoms with van der Waals surface area (Å²) in [5.74, 6) is 1.49. The molecule has 8 heteroatoms. The number of hydrogen-bond donors (Lipinski definition) is 4. The highest BCUT2D eigenvalue weighted by atomic mass is 32.2. The first-order chi connectivity index (χ1) is 11.9. The molecule has 1 aromatic rings. The standard InChI is InChI=1S/C17H28N4O3S/c18-17(21-25(19,22)23)9-3-4-11-24-16-8-2-1-7-15(16)12-14-6-5-10-20-13-14/h1-2,7-8,14,20H,3-6,9-13H2,(H2,18,21)(H2,19,22,23). The van der Waals surface area contributed by atoms with Crippen LogP contribution in [0.15, 0.2) is 24.3 Å². The van der Waals surface area contributed by atoms with Crippen molar-refractivity contribution >= 4 is 16.0 Å². The number of nitrogens with two attached hydrogens (primary N) is 1. The van der Waals surface area contributed by atoms with Crippen molar-refractivity contribution in [2.75, 3.05) is 19.7 Å². The summed E-state index contributed by atoms with van der Waals surface area (Å²) in [6.07, 6.45) is 5.23. The Morgan fingerprint density at radius 3 is 2.88 bits per heavy atom. The van der Waals surface area contributed by atoms with Gasteiger partial charge in [-0.05, 0) is 62.7 Å². The Morgan fingerprint density at radius 1 is 1.36 bits per heavy atom. The predicted molar refractivity (Wildman–Crippen MR) is 99.1 cm³/mol. The Labute approximate surface area is 150 Å². The molecule has 0 bridgehead atoms. The second kappa shape index (κ2) is 9.74. The molecule has 1 aromatic carbocycles. The molecule has 1 saturated heterocycles. The molecule has 1 atom stereocenters. The van der Waals surface area contributed by atoms with Gasteiger partial charge in [0.05, 0.1) is 6.61 Å². The maximum atomic E-state index is 10.8. The van der Waals surface area contributed by atoms with Gasteiger partial charge in [0.15, 0.2) is 0 Å². The van der Waals surface area contributed by atoms with Crippen LogP contribution in [-0.4, -0.2) is 33.9 Å². The fourth-order valence-corrected chi connectivity index (χ4v) is 3.48. The topological polar surface area (TPSA) is 117 Å². The third-order valence-electron chi connectivity index (χ3n) is 4.22. The first-order valence-electron chi connectivity index (χ1n) is 8.73. The Balaban J connectivity index is 1.72. The lowest BCUT2D eigenvalue weighted by Gasteiger charge is -2.23. The Hall–Kier alpha value is -1.64. The van der Waals surface area contributed by atoms with Crippen molar-refractivity contribution < 1.29 is 13.2 Å². The van der Waals surface area contributed by atoms with E-state index in [9.17, 15) is 8.42 Å². The van der Waals surface area contributed by atoms with E-state index >= 15 is 0 Å². The molecule has 0 saturated carbocycles. The van der Waals surface area contributed by atoms with Gasteiger partial charge >= 0.3 is 0 Å². The van der Waals surface area contributed by atoms with Crippen molar-refractivity contribution in [3.05, 3.63) is 29.8 Å². The van der Waals surface area contributed by atoms with Crippen LogP contribution < -0.4 is 19.9 Å². The average Bonchev–Trinajstić information content (AvgIpc) is 2.55. The fraction of sp³-hybridized carbons (Fsp3) is 0.588. The number of nitrogens with one attached hydrogen (secondary N) is 3. The van der Waals surface area contributed by atoms with Crippen molar-refractivity contribution in [1.29, 1.82) is 5.41 Å². The normalized spacial score (nSPS) is 17.9. The SMILES string of the molecule is N=C(CCCCOc1ccccc1CC1CCCNC1)NS(N)(=O)=O. The zero-order valence-electron chi connectivity index (χ0n) is 14.5. The van der Waals surface area contributed by atoms with Crippen LogP contribution in [0, 0.1) is 11.3 Å². The van der Waals surface area contributed by atoms with Crippen molar-refractivity contribution in [3.8, 4) is 5.75 Å². The van der Waals surface area contributed by atoms with Gasteiger partial charge in [-0.25, -0.2) is 5.14 Å². The van der Waals surface area contributed by atoms with E-state index in [2.05, 4.69) is 11.4 Å². The molecule has 140 valence electrons. The average molecular weight is 369 g/mol. The number of benzene rings is 1. The van der Waals surface area contributed by atoms with E-state index in [1.807, 2.05) is 22.9 Å². The highest BCUT2D eigenvalue weighted by Crippen LogP contribution is 2.24. The number of amidine groups is 1. The van der Waals surface area contributed by atoms with E-state index in [0.717, 1.165) is 31.7 Å². The molecule has 2 rings (SSSR count). The maximum absolute atomic E-state index is 10.8. The molecule has 0 amide bonds. The zero-order chi connectivity index (χ0) is 18.1. The molecular formula is C17H28N4O3S. The molecule has 25 heavy (non-hydrogen) atoms. The smallest absolute Gasteiger partial charge is 0.297 e. The van der Waals surface area contributed by atoms with Crippen LogP contribution in [0.3, 0.4) is 0 Å². The predicted octanol–water partition coefficient (Wildman–Crippen LogP) is 1.55. The van der Waals surface area contributed by atoms with Gasteiger partial charge in [0.1, 0.15) is 11.6 Å². The number of ether oxygens (including phenoxy) is 1. The van der Waals surface area contributed by atoms with Crippen molar-refractivity contribution in [2.24, 2.45) is 11.1 Å². The summed E-state index contributed by atoms with van der Waals surface area (Å²) in [6.45, 7) is 2.72. The minimum absolute atomic E-state index is 0.0901. The van der Waals surface area contributed by atoms with E-state index in [4.69, 9.17) is 15.3 Å². The molecule has 0 spiro atoms. The molecule has 1 heterocycles. The second-order valence-electron chi connectivity index (χ2n) is 6.46. The van der Waals surface area contributed by atoms with E-state index in [-0.39, 0.29) is 5.84 Å². The summed E-state index contributed by atoms with van der Waals surface area (Å²) in [4.78, 5) is 0. The van der Waals surface area contributed by atoms with Crippen molar-refractivity contribution in [1.82, 2.24) is 10.0 Å².